The number of hydrogen-bond acceptors (Lipinski definition) is 2. The number of ether oxygens (including phenoxy) is 1. The summed E-state index contributed by atoms with van der Waals surface area (Å²) in [4.78, 5) is 0. The van der Waals surface area contributed by atoms with Gasteiger partial charge in [-0.05, 0) is 36.4 Å². The second-order valence-electron chi connectivity index (χ2n) is 4.71. The fourth-order valence-electron chi connectivity index (χ4n) is 2.37. The summed E-state index contributed by atoms with van der Waals surface area (Å²) < 4.78 is 19.9. The Morgan fingerprint density at radius 1 is 1.20 bits per heavy atom. The number of benzene rings is 2. The molecule has 0 radical (unpaired) electrons. The molecule has 1 N–H and O–H groups in total. The molecule has 0 bridgehead atoms. The Morgan fingerprint density at radius 2 is 2.00 bits per heavy atom. The summed E-state index contributed by atoms with van der Waals surface area (Å²) in [6, 6.07) is 9.59. The van der Waals surface area contributed by atoms with Crippen molar-refractivity contribution in [1.82, 2.24) is 0 Å². The minimum absolute atomic E-state index is 0.323. The van der Waals surface area contributed by atoms with Crippen LogP contribution in [0, 0.1) is 5.82 Å². The van der Waals surface area contributed by atoms with Gasteiger partial charge in [0.05, 0.1) is 6.10 Å². The highest BCUT2D eigenvalue weighted by atomic mass is 79.9. The van der Waals surface area contributed by atoms with Gasteiger partial charge >= 0.3 is 0 Å². The Labute approximate surface area is 129 Å². The smallest absolute Gasteiger partial charge is 0.128 e. The third kappa shape index (κ3) is 2.55. The molecular formula is C15H11BrClFO2. The molecular weight excluding hydrogens is 347 g/mol. The Kier molecular flexibility index (Phi) is 3.71. The molecule has 1 unspecified atom stereocenters. The van der Waals surface area contributed by atoms with Crippen molar-refractivity contribution < 1.29 is 14.2 Å². The molecule has 0 aromatic heterocycles. The number of aliphatic hydroxyl groups is 1. The second-order valence-corrected chi connectivity index (χ2v) is 6.00. The molecule has 2 nitrogen and oxygen atoms in total. The summed E-state index contributed by atoms with van der Waals surface area (Å²) in [5.41, 5.74) is 1.35. The average Bonchev–Trinajstić information content (AvgIpc) is 2.42. The molecule has 0 fully saturated rings. The predicted molar refractivity (Wildman–Crippen MR) is 78.5 cm³/mol. The standard InChI is InChI=1S/C15H11BrClFO2/c16-12-3-1-8(17)5-10(12)15-7-13(19)11-6-9(18)2-4-14(11)20-15/h1-6,13,15,19H,7H2/t13-,15?/m1/s1. The van der Waals surface area contributed by atoms with Crippen LogP contribution in [0.25, 0.3) is 0 Å². The molecule has 2 aromatic rings. The van der Waals surface area contributed by atoms with E-state index in [0.717, 1.165) is 10.0 Å². The molecule has 20 heavy (non-hydrogen) atoms. The zero-order valence-electron chi connectivity index (χ0n) is 10.3. The largest absolute Gasteiger partial charge is 0.485 e. The molecule has 0 saturated carbocycles. The molecule has 1 heterocycles. The van der Waals surface area contributed by atoms with Gasteiger partial charge in [-0.1, -0.05) is 27.5 Å². The number of rotatable bonds is 1. The Balaban J connectivity index is 1.99. The lowest BCUT2D eigenvalue weighted by Crippen LogP contribution is -2.19. The van der Waals surface area contributed by atoms with Crippen LogP contribution in [0.1, 0.15) is 29.8 Å². The van der Waals surface area contributed by atoms with Crippen LogP contribution in [-0.4, -0.2) is 5.11 Å². The molecule has 0 spiro atoms. The van der Waals surface area contributed by atoms with Gasteiger partial charge in [0.1, 0.15) is 17.7 Å². The van der Waals surface area contributed by atoms with E-state index in [-0.39, 0.29) is 11.9 Å². The quantitative estimate of drug-likeness (QED) is 0.794. The van der Waals surface area contributed by atoms with Crippen LogP contribution in [0.5, 0.6) is 5.75 Å². The maximum Gasteiger partial charge on any atom is 0.128 e. The van der Waals surface area contributed by atoms with E-state index >= 15 is 0 Å². The summed E-state index contributed by atoms with van der Waals surface area (Å²) >= 11 is 9.46. The maximum absolute atomic E-state index is 13.2. The van der Waals surface area contributed by atoms with Crippen LogP contribution < -0.4 is 4.74 Å². The Bertz CT molecular complexity index is 662. The van der Waals surface area contributed by atoms with Gasteiger partial charge < -0.3 is 9.84 Å². The lowest BCUT2D eigenvalue weighted by atomic mass is 9.95. The van der Waals surface area contributed by atoms with Gasteiger partial charge in [0, 0.05) is 27.0 Å². The van der Waals surface area contributed by atoms with E-state index in [4.69, 9.17) is 16.3 Å². The lowest BCUT2D eigenvalue weighted by molar-refractivity contribution is 0.0650. The number of halogens is 3. The first-order valence-electron chi connectivity index (χ1n) is 6.13. The first kappa shape index (κ1) is 13.9. The highest BCUT2D eigenvalue weighted by Gasteiger charge is 2.29. The van der Waals surface area contributed by atoms with Crippen LogP contribution in [0.2, 0.25) is 5.02 Å². The van der Waals surface area contributed by atoms with Gasteiger partial charge in [0.15, 0.2) is 0 Å². The molecule has 0 saturated heterocycles. The minimum atomic E-state index is -0.759. The number of aliphatic hydroxyl groups excluding tert-OH is 1. The normalized spacial score (nSPS) is 21.2. The van der Waals surface area contributed by atoms with Crippen LogP contribution >= 0.6 is 27.5 Å². The Hall–Kier alpha value is -1.10. The third-order valence-corrected chi connectivity index (χ3v) is 4.30. The van der Waals surface area contributed by atoms with Gasteiger partial charge in [-0.25, -0.2) is 4.39 Å². The van der Waals surface area contributed by atoms with Crippen LogP contribution in [0.3, 0.4) is 0 Å². The number of fused-ring (bicyclic) bond motifs is 1. The van der Waals surface area contributed by atoms with Crippen LogP contribution in [0.4, 0.5) is 4.39 Å². The van der Waals surface area contributed by atoms with E-state index in [1.54, 1.807) is 18.2 Å². The molecule has 0 amide bonds. The first-order chi connectivity index (χ1) is 9.54. The number of hydrogen-bond donors (Lipinski definition) is 1. The molecule has 5 heteroatoms. The van der Waals surface area contributed by atoms with Crippen LogP contribution in [-0.2, 0) is 0 Å². The van der Waals surface area contributed by atoms with Crippen molar-refractivity contribution in [1.29, 1.82) is 0 Å². The SMILES string of the molecule is O[C@@H]1CC(c2cc(Cl)ccc2Br)Oc2ccc(F)cc21. The molecule has 3 rings (SSSR count). The van der Waals surface area contributed by atoms with Crippen molar-refractivity contribution >= 4 is 27.5 Å². The average molecular weight is 358 g/mol. The van der Waals surface area contributed by atoms with E-state index in [1.807, 2.05) is 6.07 Å². The predicted octanol–water partition coefficient (Wildman–Crippen LogP) is 4.80. The van der Waals surface area contributed by atoms with Gasteiger partial charge in [0.2, 0.25) is 0 Å². The zero-order chi connectivity index (χ0) is 14.3. The molecule has 2 atom stereocenters. The fourth-order valence-corrected chi connectivity index (χ4v) is 3.05. The van der Waals surface area contributed by atoms with Crippen molar-refractivity contribution in [2.45, 2.75) is 18.6 Å². The third-order valence-electron chi connectivity index (χ3n) is 3.34. The molecule has 0 aliphatic carbocycles. The topological polar surface area (TPSA) is 29.5 Å². The highest BCUT2D eigenvalue weighted by Crippen LogP contribution is 2.43. The van der Waals surface area contributed by atoms with E-state index in [2.05, 4.69) is 15.9 Å². The van der Waals surface area contributed by atoms with Gasteiger partial charge in [-0.3, -0.25) is 0 Å². The molecule has 2 aromatic carbocycles. The Morgan fingerprint density at radius 3 is 2.80 bits per heavy atom. The van der Waals surface area contributed by atoms with Crippen molar-refractivity contribution in [3.63, 3.8) is 0 Å². The maximum atomic E-state index is 13.2. The molecule has 104 valence electrons. The summed E-state index contributed by atoms with van der Waals surface area (Å²) in [6.07, 6.45) is -0.726. The highest BCUT2D eigenvalue weighted by molar-refractivity contribution is 9.10. The molecule has 1 aliphatic rings. The first-order valence-corrected chi connectivity index (χ1v) is 7.31. The summed E-state index contributed by atoms with van der Waals surface area (Å²) in [6.45, 7) is 0. The van der Waals surface area contributed by atoms with Crippen molar-refractivity contribution in [2.24, 2.45) is 0 Å². The van der Waals surface area contributed by atoms with Crippen molar-refractivity contribution in [3.05, 3.63) is 62.8 Å². The van der Waals surface area contributed by atoms with Crippen molar-refractivity contribution in [2.75, 3.05) is 0 Å². The second kappa shape index (κ2) is 5.35. The van der Waals surface area contributed by atoms with E-state index < -0.39 is 6.10 Å². The lowest BCUT2D eigenvalue weighted by Gasteiger charge is -2.30. The van der Waals surface area contributed by atoms with Crippen molar-refractivity contribution in [3.8, 4) is 5.75 Å². The van der Waals surface area contributed by atoms with Gasteiger partial charge in [-0.2, -0.15) is 0 Å². The minimum Gasteiger partial charge on any atom is -0.485 e. The summed E-state index contributed by atoms with van der Waals surface area (Å²) in [7, 11) is 0. The fraction of sp³-hybridized carbons (Fsp3) is 0.200. The van der Waals surface area contributed by atoms with Gasteiger partial charge in [-0.15, -0.1) is 0 Å². The molecule has 1 aliphatic heterocycles. The van der Waals surface area contributed by atoms with E-state index in [9.17, 15) is 9.50 Å². The van der Waals surface area contributed by atoms with E-state index in [0.29, 0.717) is 22.8 Å². The summed E-state index contributed by atoms with van der Waals surface area (Å²) in [5, 5.41) is 10.8. The van der Waals surface area contributed by atoms with Crippen LogP contribution in [0.15, 0.2) is 40.9 Å². The monoisotopic (exact) mass is 356 g/mol. The van der Waals surface area contributed by atoms with Gasteiger partial charge in [0.25, 0.3) is 0 Å². The zero-order valence-corrected chi connectivity index (χ0v) is 12.7. The van der Waals surface area contributed by atoms with E-state index in [1.165, 1.54) is 12.1 Å². The summed E-state index contributed by atoms with van der Waals surface area (Å²) in [5.74, 6) is 0.121.